The van der Waals surface area contributed by atoms with Crippen molar-refractivity contribution in [2.75, 3.05) is 40.5 Å². The summed E-state index contributed by atoms with van der Waals surface area (Å²) in [6.07, 6.45) is -4.67. The molecule has 2 N–H and O–H groups in total. The van der Waals surface area contributed by atoms with E-state index in [0.717, 1.165) is 4.90 Å². The summed E-state index contributed by atoms with van der Waals surface area (Å²) in [5.41, 5.74) is 0. The molecular weight excluding hydrogens is 309 g/mol. The molecule has 0 aromatic rings. The van der Waals surface area contributed by atoms with Gasteiger partial charge in [-0.25, -0.2) is 4.79 Å². The molecule has 1 saturated heterocycles. The lowest BCUT2D eigenvalue weighted by atomic mass is 9.96. The van der Waals surface area contributed by atoms with Gasteiger partial charge in [-0.15, -0.1) is 0 Å². The van der Waals surface area contributed by atoms with Gasteiger partial charge in [0.05, 0.1) is 31.1 Å². The average Bonchev–Trinajstić information content (AvgIpc) is 2.84. The smallest absolute Gasteiger partial charge is 0.394 e. The van der Waals surface area contributed by atoms with Crippen LogP contribution in [0.25, 0.3) is 0 Å². The van der Waals surface area contributed by atoms with Crippen LogP contribution in [0.1, 0.15) is 0 Å². The molecule has 10 heteroatoms. The van der Waals surface area contributed by atoms with Crippen LogP contribution in [0.3, 0.4) is 0 Å². The quantitative estimate of drug-likeness (QED) is 0.743. The minimum Gasteiger partial charge on any atom is -0.481 e. The molecule has 0 saturated carbocycles. The lowest BCUT2D eigenvalue weighted by molar-refractivity contribution is -0.187. The molecule has 0 radical (unpaired) electrons. The number of carboxylic acid groups (broad SMARTS) is 1. The molecule has 1 aliphatic rings. The normalized spacial score (nSPS) is 22.2. The number of rotatable bonds is 6. The molecule has 2 amide bonds. The van der Waals surface area contributed by atoms with Crippen molar-refractivity contribution in [1.29, 1.82) is 0 Å². The maximum atomic E-state index is 12.9. The first-order chi connectivity index (χ1) is 10.2. The SMILES string of the molecule is COCC(COC)NC(=O)N1C[C@@H](C(F)(F)F)[C@H](C(=O)O)C1. The van der Waals surface area contributed by atoms with E-state index in [1.165, 1.54) is 14.2 Å². The topological polar surface area (TPSA) is 88.1 Å². The third kappa shape index (κ3) is 4.73. The van der Waals surface area contributed by atoms with Crippen molar-refractivity contribution in [3.8, 4) is 0 Å². The number of carbonyl (C=O) groups is 2. The fraction of sp³-hybridized carbons (Fsp3) is 0.833. The Balaban J connectivity index is 2.72. The number of alkyl halides is 3. The number of amides is 2. The van der Waals surface area contributed by atoms with E-state index in [4.69, 9.17) is 14.6 Å². The summed E-state index contributed by atoms with van der Waals surface area (Å²) in [5, 5.41) is 11.4. The first-order valence-corrected chi connectivity index (χ1v) is 6.53. The van der Waals surface area contributed by atoms with E-state index in [1.807, 2.05) is 0 Å². The molecule has 0 aromatic carbocycles. The molecule has 0 bridgehead atoms. The Hall–Kier alpha value is -1.55. The summed E-state index contributed by atoms with van der Waals surface area (Å²) in [6.45, 7) is -0.923. The zero-order valence-corrected chi connectivity index (χ0v) is 12.2. The summed E-state index contributed by atoms with van der Waals surface area (Å²) in [4.78, 5) is 23.8. The molecular formula is C12H19F3N2O5. The summed E-state index contributed by atoms with van der Waals surface area (Å²) in [7, 11) is 2.82. The molecule has 0 aromatic heterocycles. The Morgan fingerprint density at radius 1 is 1.27 bits per heavy atom. The number of carboxylic acids is 1. The molecule has 1 fully saturated rings. The van der Waals surface area contributed by atoms with E-state index in [0.29, 0.717) is 0 Å². The number of likely N-dealkylation sites (tertiary alicyclic amines) is 1. The van der Waals surface area contributed by atoms with Crippen molar-refractivity contribution in [3.05, 3.63) is 0 Å². The van der Waals surface area contributed by atoms with Crippen molar-refractivity contribution in [2.24, 2.45) is 11.8 Å². The van der Waals surface area contributed by atoms with Gasteiger partial charge in [-0.05, 0) is 0 Å². The van der Waals surface area contributed by atoms with Crippen LogP contribution in [0.4, 0.5) is 18.0 Å². The summed E-state index contributed by atoms with van der Waals surface area (Å²) < 4.78 is 48.3. The fourth-order valence-electron chi connectivity index (χ4n) is 2.35. The second-order valence-electron chi connectivity index (χ2n) is 5.05. The number of methoxy groups -OCH3 is 2. The monoisotopic (exact) mass is 328 g/mol. The Labute approximate surface area is 125 Å². The first kappa shape index (κ1) is 18.5. The second kappa shape index (κ2) is 7.63. The van der Waals surface area contributed by atoms with Crippen molar-refractivity contribution in [1.82, 2.24) is 10.2 Å². The van der Waals surface area contributed by atoms with Gasteiger partial charge in [-0.2, -0.15) is 13.2 Å². The maximum absolute atomic E-state index is 12.9. The van der Waals surface area contributed by atoms with Crippen LogP contribution in [0.2, 0.25) is 0 Å². The van der Waals surface area contributed by atoms with Crippen LogP contribution < -0.4 is 5.32 Å². The third-order valence-electron chi connectivity index (χ3n) is 3.41. The standard InChI is InChI=1S/C12H19F3N2O5/c1-21-5-7(6-22-2)16-11(20)17-3-8(10(18)19)9(4-17)12(13,14)15/h7-9H,3-6H2,1-2H3,(H,16,20)(H,18,19)/t8-,9-/m1/s1. The first-order valence-electron chi connectivity index (χ1n) is 6.53. The molecule has 0 aliphatic carbocycles. The number of carbonyl (C=O) groups excluding carboxylic acids is 1. The number of urea groups is 1. The van der Waals surface area contributed by atoms with Gasteiger partial charge in [-0.3, -0.25) is 4.79 Å². The highest BCUT2D eigenvalue weighted by molar-refractivity contribution is 5.78. The molecule has 0 spiro atoms. The van der Waals surface area contributed by atoms with Gasteiger partial charge in [0.15, 0.2) is 0 Å². The predicted molar refractivity (Wildman–Crippen MR) is 68.3 cm³/mol. The molecule has 22 heavy (non-hydrogen) atoms. The van der Waals surface area contributed by atoms with Gasteiger partial charge in [0.1, 0.15) is 0 Å². The lowest BCUT2D eigenvalue weighted by Gasteiger charge is -2.22. The van der Waals surface area contributed by atoms with Gasteiger partial charge >= 0.3 is 18.2 Å². The summed E-state index contributed by atoms with van der Waals surface area (Å²) in [6, 6.07) is -1.30. The minimum atomic E-state index is -4.67. The zero-order valence-electron chi connectivity index (χ0n) is 12.2. The van der Waals surface area contributed by atoms with Crippen LogP contribution in [0.5, 0.6) is 0 Å². The number of hydrogen-bond acceptors (Lipinski definition) is 4. The Morgan fingerprint density at radius 2 is 1.82 bits per heavy atom. The summed E-state index contributed by atoms with van der Waals surface area (Å²) >= 11 is 0. The summed E-state index contributed by atoms with van der Waals surface area (Å²) in [5.74, 6) is -5.30. The number of hydrogen-bond donors (Lipinski definition) is 2. The largest absolute Gasteiger partial charge is 0.481 e. The van der Waals surface area contributed by atoms with Crippen molar-refractivity contribution < 1.29 is 37.3 Å². The molecule has 1 heterocycles. The van der Waals surface area contributed by atoms with E-state index >= 15 is 0 Å². The van der Waals surface area contributed by atoms with Crippen LogP contribution in [0, 0.1) is 11.8 Å². The van der Waals surface area contributed by atoms with Gasteiger partial charge in [0.2, 0.25) is 0 Å². The van der Waals surface area contributed by atoms with E-state index in [9.17, 15) is 22.8 Å². The number of halogens is 3. The van der Waals surface area contributed by atoms with E-state index in [2.05, 4.69) is 5.32 Å². The van der Waals surface area contributed by atoms with Crippen LogP contribution >= 0.6 is 0 Å². The highest BCUT2D eigenvalue weighted by atomic mass is 19.4. The average molecular weight is 328 g/mol. The van der Waals surface area contributed by atoms with Crippen molar-refractivity contribution in [2.45, 2.75) is 12.2 Å². The number of nitrogens with one attached hydrogen (secondary N) is 1. The Bertz CT molecular complexity index is 399. The van der Waals surface area contributed by atoms with Gasteiger partial charge in [0.25, 0.3) is 0 Å². The second-order valence-corrected chi connectivity index (χ2v) is 5.05. The lowest BCUT2D eigenvalue weighted by Crippen LogP contribution is -2.48. The van der Waals surface area contributed by atoms with Gasteiger partial charge in [-0.1, -0.05) is 0 Å². The van der Waals surface area contributed by atoms with E-state index in [-0.39, 0.29) is 13.2 Å². The van der Waals surface area contributed by atoms with Gasteiger partial charge < -0.3 is 24.8 Å². The molecule has 2 atom stereocenters. The highest BCUT2D eigenvalue weighted by Crippen LogP contribution is 2.37. The molecule has 7 nitrogen and oxygen atoms in total. The van der Waals surface area contributed by atoms with Crippen LogP contribution in [0.15, 0.2) is 0 Å². The number of nitrogens with zero attached hydrogens (tertiary/aromatic N) is 1. The molecule has 0 unspecified atom stereocenters. The van der Waals surface area contributed by atoms with Crippen LogP contribution in [-0.2, 0) is 14.3 Å². The molecule has 1 rings (SSSR count). The highest BCUT2D eigenvalue weighted by Gasteiger charge is 2.53. The Morgan fingerprint density at radius 3 is 2.18 bits per heavy atom. The predicted octanol–water partition coefficient (Wildman–Crippen LogP) is 0.552. The minimum absolute atomic E-state index is 0.123. The maximum Gasteiger partial charge on any atom is 0.394 e. The number of aliphatic carboxylic acids is 1. The van der Waals surface area contributed by atoms with Crippen LogP contribution in [-0.4, -0.2) is 74.7 Å². The third-order valence-corrected chi connectivity index (χ3v) is 3.41. The van der Waals surface area contributed by atoms with E-state index < -0.39 is 49.1 Å². The molecule has 128 valence electrons. The fourth-order valence-corrected chi connectivity index (χ4v) is 2.35. The van der Waals surface area contributed by atoms with Crippen molar-refractivity contribution in [3.63, 3.8) is 0 Å². The molecule has 1 aliphatic heterocycles. The van der Waals surface area contributed by atoms with E-state index in [1.54, 1.807) is 0 Å². The Kier molecular flexibility index (Phi) is 6.42. The zero-order chi connectivity index (χ0) is 16.9. The van der Waals surface area contributed by atoms with Crippen molar-refractivity contribution >= 4 is 12.0 Å². The number of ether oxygens (including phenoxy) is 2. The van der Waals surface area contributed by atoms with Gasteiger partial charge in [0, 0.05) is 27.3 Å².